The zero-order valence-corrected chi connectivity index (χ0v) is 33.9. The maximum atomic E-state index is 12.7. The quantitative estimate of drug-likeness (QED) is 0.0481. The SMILES string of the molecule is C1CCOC1.CSc1ncc(C(=O)NCc2ccccc2)c(NCc2ccc(CO)c(Cl)c2)n1.CSc1ncc(C(=O)O)c(NCc2ccc(CO)c(Cl)c2)n1. The van der Waals surface area contributed by atoms with Crippen LogP contribution < -0.4 is 16.0 Å². The molecule has 0 spiro atoms. The van der Waals surface area contributed by atoms with Gasteiger partial charge in [-0.3, -0.25) is 4.79 Å². The summed E-state index contributed by atoms with van der Waals surface area (Å²) in [5.41, 5.74) is 4.46. The molecule has 5 aromatic rings. The summed E-state index contributed by atoms with van der Waals surface area (Å²) in [4.78, 5) is 40.7. The lowest BCUT2D eigenvalue weighted by Crippen LogP contribution is -2.24. The molecule has 1 fully saturated rings. The molecule has 1 aliphatic heterocycles. The standard InChI is InChI=1S/C21H21ClN4O2S.C14H14ClN3O3S.C4H8O/c1-29-21-25-12-17(20(28)24-10-14-5-3-2-4-6-14)19(26-21)23-11-15-7-8-16(13-27)18(22)9-15;1-22-14-17-6-10(13(20)21)12(18-14)16-5-8-2-3-9(7-19)11(15)4-8;1-2-4-5-3-1/h2-9,12,27H,10-11,13H2,1H3,(H,24,28)(H,23,25,26);2-4,6,19H,5,7H2,1H3,(H,20,21)(H,16,17,18);1-4H2. The molecule has 296 valence electrons. The molecule has 0 saturated carbocycles. The lowest BCUT2D eigenvalue weighted by molar-refractivity contribution is 0.0696. The third-order valence-corrected chi connectivity index (χ3v) is 9.82. The molecule has 13 nitrogen and oxygen atoms in total. The Morgan fingerprint density at radius 2 is 1.21 bits per heavy atom. The molecule has 1 amide bonds. The van der Waals surface area contributed by atoms with Gasteiger partial charge in [-0.25, -0.2) is 24.7 Å². The third kappa shape index (κ3) is 13.9. The number of hydrogen-bond acceptors (Lipinski definition) is 13. The van der Waals surface area contributed by atoms with Crippen molar-refractivity contribution in [2.24, 2.45) is 0 Å². The van der Waals surface area contributed by atoms with Crippen molar-refractivity contribution in [3.63, 3.8) is 0 Å². The molecule has 0 aliphatic carbocycles. The van der Waals surface area contributed by atoms with Crippen molar-refractivity contribution in [2.75, 3.05) is 36.4 Å². The average Bonchev–Trinajstić information content (AvgIpc) is 3.82. The zero-order valence-electron chi connectivity index (χ0n) is 30.8. The van der Waals surface area contributed by atoms with E-state index in [0.29, 0.717) is 62.5 Å². The van der Waals surface area contributed by atoms with E-state index in [0.717, 1.165) is 29.9 Å². The number of anilines is 2. The summed E-state index contributed by atoms with van der Waals surface area (Å²) in [6.45, 7) is 2.97. The van der Waals surface area contributed by atoms with Gasteiger partial charge in [-0.2, -0.15) is 0 Å². The first-order valence-electron chi connectivity index (χ1n) is 17.3. The highest BCUT2D eigenvalue weighted by Gasteiger charge is 2.16. The number of benzene rings is 3. The minimum Gasteiger partial charge on any atom is -0.477 e. The number of nitrogens with zero attached hydrogens (tertiary/aromatic N) is 4. The molecule has 1 saturated heterocycles. The van der Waals surface area contributed by atoms with Gasteiger partial charge in [0.15, 0.2) is 10.3 Å². The molecule has 3 heterocycles. The predicted octanol–water partition coefficient (Wildman–Crippen LogP) is 7.34. The Balaban J connectivity index is 0.000000227. The predicted molar refractivity (Wildman–Crippen MR) is 222 cm³/mol. The molecule has 6 rings (SSSR count). The van der Waals surface area contributed by atoms with Gasteiger partial charge < -0.3 is 36.0 Å². The first-order valence-corrected chi connectivity index (χ1v) is 20.6. The number of ether oxygens (including phenoxy) is 1. The lowest BCUT2D eigenvalue weighted by Gasteiger charge is -2.13. The Kier molecular flexibility index (Phi) is 18.6. The Hall–Kier alpha value is -4.48. The number of rotatable bonds is 14. The van der Waals surface area contributed by atoms with E-state index in [-0.39, 0.29) is 30.5 Å². The van der Waals surface area contributed by atoms with E-state index in [1.807, 2.05) is 55.0 Å². The van der Waals surface area contributed by atoms with Crippen LogP contribution in [0.1, 0.15) is 61.4 Å². The van der Waals surface area contributed by atoms with Gasteiger partial charge in [-0.1, -0.05) is 101 Å². The van der Waals surface area contributed by atoms with Crippen LogP contribution in [0.5, 0.6) is 0 Å². The number of carbonyl (C=O) groups excluding carboxylic acids is 1. The number of thioether (sulfide) groups is 2. The molecular weight excluding hydrogens is 798 g/mol. The molecule has 0 radical (unpaired) electrons. The first-order chi connectivity index (χ1) is 27.1. The topological polar surface area (TPSA) is 192 Å². The fraction of sp³-hybridized carbons (Fsp3) is 0.282. The fourth-order valence-electron chi connectivity index (χ4n) is 4.93. The highest BCUT2D eigenvalue weighted by molar-refractivity contribution is 7.98. The third-order valence-electron chi connectivity index (χ3n) is 7.99. The van der Waals surface area contributed by atoms with Gasteiger partial charge in [0.05, 0.1) is 13.2 Å². The lowest BCUT2D eigenvalue weighted by atomic mass is 10.1. The van der Waals surface area contributed by atoms with E-state index < -0.39 is 5.97 Å². The summed E-state index contributed by atoms with van der Waals surface area (Å²) in [5.74, 6) is -0.632. The fourth-order valence-corrected chi connectivity index (χ4v) is 6.14. The van der Waals surface area contributed by atoms with Crippen LogP contribution >= 0.6 is 46.7 Å². The highest BCUT2D eigenvalue weighted by Crippen LogP contribution is 2.23. The first kappa shape index (κ1) is 44.2. The van der Waals surface area contributed by atoms with Crippen molar-refractivity contribution in [3.05, 3.63) is 128 Å². The van der Waals surface area contributed by atoms with Gasteiger partial charge in [-0.05, 0) is 65.3 Å². The molecular formula is C39H43Cl2N7O6S2. The highest BCUT2D eigenvalue weighted by atomic mass is 35.5. The summed E-state index contributed by atoms with van der Waals surface area (Å²) in [6.07, 6.45) is 9.06. The molecule has 3 aromatic carbocycles. The number of carboxylic acids is 1. The zero-order chi connectivity index (χ0) is 40.3. The molecule has 6 N–H and O–H groups in total. The summed E-state index contributed by atoms with van der Waals surface area (Å²) in [7, 11) is 0. The number of carboxylic acid groups (broad SMARTS) is 1. The second-order valence-electron chi connectivity index (χ2n) is 11.9. The molecule has 56 heavy (non-hydrogen) atoms. The largest absolute Gasteiger partial charge is 0.477 e. The normalized spacial score (nSPS) is 11.8. The number of aliphatic hydroxyl groups is 2. The van der Waals surface area contributed by atoms with Gasteiger partial charge in [0.2, 0.25) is 0 Å². The summed E-state index contributed by atoms with van der Waals surface area (Å²) < 4.78 is 4.94. The van der Waals surface area contributed by atoms with Crippen LogP contribution in [0.25, 0.3) is 0 Å². The Morgan fingerprint density at radius 1 is 0.714 bits per heavy atom. The summed E-state index contributed by atoms with van der Waals surface area (Å²) in [5, 5.41) is 38.6. The van der Waals surface area contributed by atoms with Crippen molar-refractivity contribution >= 4 is 70.2 Å². The van der Waals surface area contributed by atoms with E-state index >= 15 is 0 Å². The number of aromatic nitrogens is 4. The number of halogens is 2. The summed E-state index contributed by atoms with van der Waals surface area (Å²) >= 11 is 14.9. The maximum absolute atomic E-state index is 12.7. The number of carbonyl (C=O) groups is 2. The Bertz CT molecular complexity index is 2040. The smallest absolute Gasteiger partial charge is 0.341 e. The van der Waals surface area contributed by atoms with E-state index in [4.69, 9.17) is 38.2 Å². The van der Waals surface area contributed by atoms with Crippen molar-refractivity contribution in [2.45, 2.75) is 56.0 Å². The van der Waals surface area contributed by atoms with Crippen LogP contribution in [0.4, 0.5) is 11.6 Å². The van der Waals surface area contributed by atoms with Gasteiger partial charge in [0.25, 0.3) is 5.91 Å². The van der Waals surface area contributed by atoms with Crippen LogP contribution in [0.15, 0.2) is 89.4 Å². The van der Waals surface area contributed by atoms with Crippen LogP contribution in [0.2, 0.25) is 10.0 Å². The van der Waals surface area contributed by atoms with E-state index in [1.165, 1.54) is 48.8 Å². The average molecular weight is 841 g/mol. The monoisotopic (exact) mass is 839 g/mol. The second-order valence-corrected chi connectivity index (χ2v) is 14.3. The molecule has 1 aliphatic rings. The second kappa shape index (κ2) is 23.6. The maximum Gasteiger partial charge on any atom is 0.341 e. The number of amides is 1. The number of aromatic carboxylic acids is 1. The van der Waals surface area contributed by atoms with Crippen LogP contribution in [0.3, 0.4) is 0 Å². The van der Waals surface area contributed by atoms with Crippen LogP contribution in [0, 0.1) is 0 Å². The number of nitrogens with one attached hydrogen (secondary N) is 3. The van der Waals surface area contributed by atoms with Gasteiger partial charge >= 0.3 is 5.97 Å². The van der Waals surface area contributed by atoms with E-state index in [2.05, 4.69) is 35.9 Å². The molecule has 2 aromatic heterocycles. The Labute approximate surface area is 344 Å². The molecule has 0 unspecified atom stereocenters. The van der Waals surface area contributed by atoms with Gasteiger partial charge in [0.1, 0.15) is 22.8 Å². The van der Waals surface area contributed by atoms with Crippen LogP contribution in [-0.4, -0.2) is 72.9 Å². The summed E-state index contributed by atoms with van der Waals surface area (Å²) in [6, 6.07) is 20.4. The Morgan fingerprint density at radius 3 is 1.64 bits per heavy atom. The van der Waals surface area contributed by atoms with E-state index in [9.17, 15) is 14.7 Å². The van der Waals surface area contributed by atoms with E-state index in [1.54, 1.807) is 24.3 Å². The molecule has 0 atom stereocenters. The van der Waals surface area contributed by atoms with Gasteiger partial charge in [-0.15, -0.1) is 0 Å². The van der Waals surface area contributed by atoms with Crippen molar-refractivity contribution in [3.8, 4) is 0 Å². The minimum atomic E-state index is -1.09. The van der Waals surface area contributed by atoms with Crippen molar-refractivity contribution < 1.29 is 29.6 Å². The van der Waals surface area contributed by atoms with Crippen molar-refractivity contribution in [1.82, 2.24) is 25.3 Å². The van der Waals surface area contributed by atoms with Gasteiger partial charge in [0, 0.05) is 55.3 Å². The van der Waals surface area contributed by atoms with Crippen molar-refractivity contribution in [1.29, 1.82) is 0 Å². The van der Waals surface area contributed by atoms with Crippen LogP contribution in [-0.2, 0) is 37.6 Å². The number of aliphatic hydroxyl groups excluding tert-OH is 2. The minimum absolute atomic E-state index is 0.0101. The number of hydrogen-bond donors (Lipinski definition) is 6. The molecule has 17 heteroatoms. The molecule has 0 bridgehead atoms.